The maximum absolute atomic E-state index is 9.59. The number of unbranched alkanes of at least 4 members (excludes halogenated alkanes) is 1. The molecule has 3 heteroatoms. The number of carbonyl (C=O) groups excluding carboxylic acids is 1. The van der Waals surface area contributed by atoms with Crippen LogP contribution in [0.25, 0.3) is 0 Å². The van der Waals surface area contributed by atoms with Gasteiger partial charge in [-0.1, -0.05) is 12.8 Å². The van der Waals surface area contributed by atoms with Crippen LogP contribution in [0.3, 0.4) is 0 Å². The largest absolute Gasteiger partial charge is 1.00 e. The molecular formula is C6H7KO2. The van der Waals surface area contributed by atoms with Gasteiger partial charge in [-0.2, -0.15) is 0 Å². The Morgan fingerprint density at radius 2 is 2.22 bits per heavy atom. The van der Waals surface area contributed by atoms with E-state index in [0.29, 0.717) is 6.42 Å². The number of rotatable bonds is 1. The zero-order valence-corrected chi connectivity index (χ0v) is 8.85. The van der Waals surface area contributed by atoms with Gasteiger partial charge in [0, 0.05) is 6.42 Å². The molecule has 0 saturated heterocycles. The third-order valence-electron chi connectivity index (χ3n) is 0.565. The van der Waals surface area contributed by atoms with Crippen LogP contribution in [-0.4, -0.2) is 5.97 Å². The molecule has 0 heterocycles. The van der Waals surface area contributed by atoms with Crippen LogP contribution in [-0.2, 0) is 4.79 Å². The van der Waals surface area contributed by atoms with E-state index < -0.39 is 5.97 Å². The zero-order valence-electron chi connectivity index (χ0n) is 5.73. The Bertz CT molecular complexity index is 132. The van der Waals surface area contributed by atoms with Gasteiger partial charge < -0.3 is 9.90 Å². The van der Waals surface area contributed by atoms with Gasteiger partial charge in [-0.05, 0) is 12.3 Å². The Kier molecular flexibility index (Phi) is 11.9. The molecule has 0 aromatic carbocycles. The molecule has 0 aliphatic heterocycles. The summed E-state index contributed by atoms with van der Waals surface area (Å²) in [7, 11) is 0. The summed E-state index contributed by atoms with van der Waals surface area (Å²) in [4.78, 5) is 9.59. The summed E-state index contributed by atoms with van der Waals surface area (Å²) in [6, 6.07) is 0. The van der Waals surface area contributed by atoms with Crippen LogP contribution >= 0.6 is 0 Å². The summed E-state index contributed by atoms with van der Waals surface area (Å²) in [5.74, 6) is 3.03. The zero-order chi connectivity index (χ0) is 6.41. The molecule has 0 fully saturated rings. The normalized spacial score (nSPS) is 6.33. The Hall–Kier alpha value is 0.666. The molecule has 0 amide bonds. The Morgan fingerprint density at radius 1 is 1.67 bits per heavy atom. The van der Waals surface area contributed by atoms with Gasteiger partial charge >= 0.3 is 51.4 Å². The molecule has 0 aliphatic carbocycles. The molecule has 0 radical (unpaired) electrons. The van der Waals surface area contributed by atoms with E-state index in [-0.39, 0.29) is 51.4 Å². The molecule has 0 bridgehead atoms. The fraction of sp³-hybridized carbons (Fsp3) is 0.500. The van der Waals surface area contributed by atoms with Crippen LogP contribution in [0.5, 0.6) is 0 Å². The fourth-order valence-electron chi connectivity index (χ4n) is 0.260. The second-order valence-electron chi connectivity index (χ2n) is 1.34. The van der Waals surface area contributed by atoms with E-state index in [1.165, 1.54) is 0 Å². The van der Waals surface area contributed by atoms with E-state index in [0.717, 1.165) is 6.42 Å². The van der Waals surface area contributed by atoms with Gasteiger partial charge in [0.25, 0.3) is 0 Å². The first kappa shape index (κ1) is 12.4. The number of hydrogen-bond acceptors (Lipinski definition) is 2. The molecule has 0 unspecified atom stereocenters. The summed E-state index contributed by atoms with van der Waals surface area (Å²) in [5.41, 5.74) is 0. The standard InChI is InChI=1S/C6H8O2.K/c1-2-3-4-5-6(7)8;/h2-3H2,1H3,(H,7,8);/q;+1/p-1. The van der Waals surface area contributed by atoms with Gasteiger partial charge in [-0.3, -0.25) is 0 Å². The van der Waals surface area contributed by atoms with Crippen LogP contribution in [0.4, 0.5) is 0 Å². The fourth-order valence-corrected chi connectivity index (χ4v) is 0.260. The van der Waals surface area contributed by atoms with Crippen molar-refractivity contribution >= 4 is 5.97 Å². The molecule has 0 rings (SSSR count). The van der Waals surface area contributed by atoms with E-state index in [2.05, 4.69) is 5.92 Å². The van der Waals surface area contributed by atoms with Crippen LogP contribution < -0.4 is 56.5 Å². The second kappa shape index (κ2) is 8.67. The maximum Gasteiger partial charge on any atom is 1.00 e. The molecule has 0 aliphatic rings. The molecular weight excluding hydrogens is 143 g/mol. The molecule has 0 aromatic rings. The number of aliphatic carboxylic acids is 1. The molecule has 9 heavy (non-hydrogen) atoms. The molecule has 0 aromatic heterocycles. The number of carboxylic acids is 1. The van der Waals surface area contributed by atoms with E-state index in [9.17, 15) is 9.90 Å². The third kappa shape index (κ3) is 12.0. The van der Waals surface area contributed by atoms with Gasteiger partial charge in [0.1, 0.15) is 5.97 Å². The number of carbonyl (C=O) groups is 1. The summed E-state index contributed by atoms with van der Waals surface area (Å²) in [6.45, 7) is 1.93. The van der Waals surface area contributed by atoms with Crippen molar-refractivity contribution in [1.82, 2.24) is 0 Å². The number of carboxylic acid groups (broad SMARTS) is 1. The predicted molar refractivity (Wildman–Crippen MR) is 27.7 cm³/mol. The molecule has 0 N–H and O–H groups in total. The van der Waals surface area contributed by atoms with Crippen LogP contribution in [0.1, 0.15) is 19.8 Å². The third-order valence-corrected chi connectivity index (χ3v) is 0.565. The first-order valence-electron chi connectivity index (χ1n) is 2.47. The minimum atomic E-state index is -1.29. The number of hydrogen-bond donors (Lipinski definition) is 0. The quantitative estimate of drug-likeness (QED) is 0.288. The van der Waals surface area contributed by atoms with Crippen molar-refractivity contribution < 1.29 is 61.3 Å². The van der Waals surface area contributed by atoms with Gasteiger partial charge in [-0.15, -0.1) is 0 Å². The van der Waals surface area contributed by atoms with Gasteiger partial charge in [0.05, 0.1) is 0 Å². The molecule has 44 valence electrons. The molecule has 2 nitrogen and oxygen atoms in total. The average Bonchev–Trinajstić information content (AvgIpc) is 1.66. The minimum absolute atomic E-state index is 0. The summed E-state index contributed by atoms with van der Waals surface area (Å²) < 4.78 is 0. The van der Waals surface area contributed by atoms with Gasteiger partial charge in [-0.25, -0.2) is 0 Å². The van der Waals surface area contributed by atoms with Crippen molar-refractivity contribution in [3.63, 3.8) is 0 Å². The smallest absolute Gasteiger partial charge is 0.537 e. The van der Waals surface area contributed by atoms with E-state index >= 15 is 0 Å². The molecule has 0 spiro atoms. The Labute approximate surface area is 97.4 Å². The van der Waals surface area contributed by atoms with Crippen LogP contribution in [0.15, 0.2) is 0 Å². The molecule has 0 atom stereocenters. The predicted octanol–water partition coefficient (Wildman–Crippen LogP) is -3.46. The summed E-state index contributed by atoms with van der Waals surface area (Å²) in [5, 5.41) is 9.59. The van der Waals surface area contributed by atoms with Crippen molar-refractivity contribution in [2.75, 3.05) is 0 Å². The van der Waals surface area contributed by atoms with E-state index in [1.54, 1.807) is 0 Å². The first-order valence-corrected chi connectivity index (χ1v) is 2.47. The molecule has 0 saturated carbocycles. The van der Waals surface area contributed by atoms with Crippen molar-refractivity contribution in [1.29, 1.82) is 0 Å². The topological polar surface area (TPSA) is 40.1 Å². The first-order chi connectivity index (χ1) is 3.77. The minimum Gasteiger partial charge on any atom is -0.537 e. The van der Waals surface area contributed by atoms with E-state index in [4.69, 9.17) is 0 Å². The van der Waals surface area contributed by atoms with Crippen molar-refractivity contribution in [3.05, 3.63) is 0 Å². The second-order valence-corrected chi connectivity index (χ2v) is 1.34. The monoisotopic (exact) mass is 150 g/mol. The van der Waals surface area contributed by atoms with Crippen molar-refractivity contribution in [2.24, 2.45) is 0 Å². The van der Waals surface area contributed by atoms with Gasteiger partial charge in [0.15, 0.2) is 0 Å². The SMILES string of the molecule is CCCC#CC(=O)[O-].[K+]. The van der Waals surface area contributed by atoms with Crippen LogP contribution in [0, 0.1) is 11.8 Å². The van der Waals surface area contributed by atoms with Crippen molar-refractivity contribution in [2.45, 2.75) is 19.8 Å². The maximum atomic E-state index is 9.59. The summed E-state index contributed by atoms with van der Waals surface area (Å²) in [6.07, 6.45) is 1.52. The summed E-state index contributed by atoms with van der Waals surface area (Å²) >= 11 is 0. The average molecular weight is 150 g/mol. The van der Waals surface area contributed by atoms with Crippen LogP contribution in [0.2, 0.25) is 0 Å². The van der Waals surface area contributed by atoms with Gasteiger partial charge in [0.2, 0.25) is 0 Å². The Balaban J connectivity index is 0. The van der Waals surface area contributed by atoms with Crippen molar-refractivity contribution in [3.8, 4) is 11.8 Å². The Morgan fingerprint density at radius 3 is 2.56 bits per heavy atom. The van der Waals surface area contributed by atoms with E-state index in [1.807, 2.05) is 12.8 Å².